The second kappa shape index (κ2) is 17.7. The van der Waals surface area contributed by atoms with Gasteiger partial charge in [-0.1, -0.05) is 44.9 Å². The summed E-state index contributed by atoms with van der Waals surface area (Å²) in [5.41, 5.74) is 0.972. The lowest BCUT2D eigenvalue weighted by Crippen LogP contribution is -2.53. The third-order valence-electron chi connectivity index (χ3n) is 7.24. The van der Waals surface area contributed by atoms with Crippen molar-refractivity contribution in [3.05, 3.63) is 101 Å². The summed E-state index contributed by atoms with van der Waals surface area (Å²) in [7, 11) is -3.99. The molecule has 0 heterocycles. The fraction of sp³-hybridized carbons (Fsp3) is 0.371. The van der Waals surface area contributed by atoms with Gasteiger partial charge < -0.3 is 15.3 Å². The first kappa shape index (κ1) is 37.3. The van der Waals surface area contributed by atoms with Gasteiger partial charge in [0.1, 0.15) is 11.6 Å². The van der Waals surface area contributed by atoms with E-state index < -0.39 is 39.7 Å². The number of carbonyl (C=O) groups is 2. The molecule has 0 bridgehead atoms. The van der Waals surface area contributed by atoms with Crippen LogP contribution in [0.5, 0.6) is 0 Å². The predicted molar refractivity (Wildman–Crippen MR) is 177 cm³/mol. The Morgan fingerprint density at radius 2 is 1.53 bits per heavy atom. The van der Waals surface area contributed by atoms with Crippen molar-refractivity contribution in [1.29, 1.82) is 0 Å². The van der Waals surface area contributed by atoms with Gasteiger partial charge in [-0.05, 0) is 74.2 Å². The monoisotopic (exact) mass is 668 g/mol. The molecule has 9 nitrogen and oxygen atoms in total. The molecule has 3 aromatic rings. The van der Waals surface area contributed by atoms with E-state index in [1.165, 1.54) is 29.3 Å². The van der Waals surface area contributed by atoms with Crippen molar-refractivity contribution in [1.82, 2.24) is 20.1 Å². The molecular formula is C35H42F2N4O5S. The minimum absolute atomic E-state index is 0.0184. The Labute approximate surface area is 276 Å². The van der Waals surface area contributed by atoms with Crippen molar-refractivity contribution in [2.45, 2.75) is 64.0 Å². The number of hydrogen-bond donors (Lipinski definition) is 3. The molecule has 0 aliphatic heterocycles. The first-order chi connectivity index (χ1) is 22.4. The van der Waals surface area contributed by atoms with Gasteiger partial charge in [0.15, 0.2) is 0 Å². The average molecular weight is 669 g/mol. The summed E-state index contributed by atoms with van der Waals surface area (Å²) in [5, 5.41) is 15.4. The molecule has 0 fully saturated rings. The highest BCUT2D eigenvalue weighted by Gasteiger charge is 2.28. The molecule has 2 amide bonds. The lowest BCUT2D eigenvalue weighted by atomic mass is 9.99. The molecule has 0 radical (unpaired) electrons. The first-order valence-electron chi connectivity index (χ1n) is 15.5. The second-order valence-corrected chi connectivity index (χ2v) is 12.7. The van der Waals surface area contributed by atoms with Crippen molar-refractivity contribution in [2.24, 2.45) is 0 Å². The van der Waals surface area contributed by atoms with Gasteiger partial charge in [-0.25, -0.2) is 22.2 Å². The number of aliphatic hydroxyl groups is 1. The summed E-state index contributed by atoms with van der Waals surface area (Å²) >= 11 is 0. The number of rotatable bonds is 16. The number of hydrogen-bond acceptors (Lipinski definition) is 6. The Hall–Kier alpha value is -4.15. The third-order valence-corrected chi connectivity index (χ3v) is 8.63. The van der Waals surface area contributed by atoms with Crippen molar-refractivity contribution in [3.63, 3.8) is 0 Å². The smallest absolute Gasteiger partial charge is 0.253 e. The SMILES string of the molecule is CC#Cc1cc(C(=O)NC(Cc2cc(F)cc(F)c2)C(O)CN(CC)NS(=O)(=O)c2ccccc2)cc(C(=O)N(CCC)CCC)c1. The Kier molecular flexibility index (Phi) is 14.0. The minimum atomic E-state index is -3.99. The number of nitrogens with zero attached hydrogens (tertiary/aromatic N) is 2. The van der Waals surface area contributed by atoms with E-state index in [9.17, 15) is 31.9 Å². The van der Waals surface area contributed by atoms with Gasteiger partial charge >= 0.3 is 0 Å². The summed E-state index contributed by atoms with van der Waals surface area (Å²) < 4.78 is 54.1. The summed E-state index contributed by atoms with van der Waals surface area (Å²) in [6.07, 6.45) is -0.0901. The zero-order valence-electron chi connectivity index (χ0n) is 27.1. The zero-order chi connectivity index (χ0) is 34.6. The standard InChI is InChI=1S/C35H42F2N4O5S/c1-5-12-25-17-27(22-28(18-25)35(44)40(15-6-2)16-7-3)34(43)38-32(21-26-19-29(36)23-30(37)20-26)33(42)24-41(8-4)39-47(45,46)31-13-10-9-11-14-31/h9-11,13-14,17-20,22-23,32-33,39,42H,6-8,15-16,21,24H2,1-4H3,(H,38,43). The van der Waals surface area contributed by atoms with Gasteiger partial charge in [0.05, 0.1) is 17.0 Å². The molecule has 2 unspecified atom stereocenters. The van der Waals surface area contributed by atoms with Crippen LogP contribution in [0.3, 0.4) is 0 Å². The maximum absolute atomic E-state index is 14.1. The van der Waals surface area contributed by atoms with Crippen LogP contribution >= 0.6 is 0 Å². The van der Waals surface area contributed by atoms with Crippen LogP contribution in [-0.4, -0.2) is 73.6 Å². The number of aliphatic hydroxyl groups excluding tert-OH is 1. The average Bonchev–Trinajstić information content (AvgIpc) is 3.03. The summed E-state index contributed by atoms with van der Waals surface area (Å²) in [4.78, 5) is 31.3. The van der Waals surface area contributed by atoms with E-state index in [1.807, 2.05) is 13.8 Å². The van der Waals surface area contributed by atoms with Gasteiger partial charge in [-0.2, -0.15) is 0 Å². The van der Waals surface area contributed by atoms with Crippen molar-refractivity contribution >= 4 is 21.8 Å². The normalized spacial score (nSPS) is 12.6. The lowest BCUT2D eigenvalue weighted by molar-refractivity contribution is 0.0634. The molecule has 0 saturated heterocycles. The highest BCUT2D eigenvalue weighted by molar-refractivity contribution is 7.89. The molecule has 0 aliphatic rings. The number of hydrazine groups is 1. The van der Waals surface area contributed by atoms with E-state index in [4.69, 9.17) is 0 Å². The highest BCUT2D eigenvalue weighted by Crippen LogP contribution is 2.17. The van der Waals surface area contributed by atoms with Crippen LogP contribution in [0.1, 0.15) is 72.4 Å². The molecule has 3 aromatic carbocycles. The number of likely N-dealkylation sites (N-methyl/N-ethyl adjacent to an activating group) is 1. The number of sulfonamides is 1. The molecule has 252 valence electrons. The topological polar surface area (TPSA) is 119 Å². The van der Waals surface area contributed by atoms with Crippen molar-refractivity contribution < 1.29 is 31.9 Å². The number of nitrogens with one attached hydrogen (secondary N) is 2. The van der Waals surface area contributed by atoms with Crippen LogP contribution in [-0.2, 0) is 16.4 Å². The highest BCUT2D eigenvalue weighted by atomic mass is 32.2. The van der Waals surface area contributed by atoms with Crippen LogP contribution in [0.4, 0.5) is 8.78 Å². The first-order valence-corrected chi connectivity index (χ1v) is 17.0. The van der Waals surface area contributed by atoms with E-state index in [1.54, 1.807) is 43.0 Å². The molecular weight excluding hydrogens is 626 g/mol. The van der Waals surface area contributed by atoms with Gasteiger partial charge in [0.2, 0.25) is 0 Å². The van der Waals surface area contributed by atoms with E-state index in [0.717, 1.165) is 25.0 Å². The molecule has 0 spiro atoms. The third kappa shape index (κ3) is 11.0. The Morgan fingerprint density at radius 3 is 2.11 bits per heavy atom. The lowest BCUT2D eigenvalue weighted by Gasteiger charge is -2.30. The molecule has 3 rings (SSSR count). The predicted octanol–water partition coefficient (Wildman–Crippen LogP) is 4.52. The Balaban J connectivity index is 1.95. The maximum Gasteiger partial charge on any atom is 0.253 e. The molecule has 2 atom stereocenters. The van der Waals surface area contributed by atoms with Crippen molar-refractivity contribution in [3.8, 4) is 11.8 Å². The van der Waals surface area contributed by atoms with Gasteiger partial charge in [-0.15, -0.1) is 10.8 Å². The molecule has 12 heteroatoms. The van der Waals surface area contributed by atoms with Crippen LogP contribution in [0, 0.1) is 23.5 Å². The van der Waals surface area contributed by atoms with Crippen molar-refractivity contribution in [2.75, 3.05) is 26.2 Å². The summed E-state index contributed by atoms with van der Waals surface area (Å²) in [5.74, 6) is 3.10. The second-order valence-electron chi connectivity index (χ2n) is 11.0. The fourth-order valence-electron chi connectivity index (χ4n) is 5.06. The van der Waals surface area contributed by atoms with E-state index in [-0.39, 0.29) is 47.0 Å². The van der Waals surface area contributed by atoms with E-state index in [0.29, 0.717) is 24.7 Å². The van der Waals surface area contributed by atoms with Gasteiger partial charge in [-0.3, -0.25) is 9.59 Å². The van der Waals surface area contributed by atoms with E-state index >= 15 is 0 Å². The molecule has 3 N–H and O–H groups in total. The van der Waals surface area contributed by atoms with Gasteiger partial charge in [0.25, 0.3) is 21.8 Å². The van der Waals surface area contributed by atoms with Crippen LogP contribution in [0.2, 0.25) is 0 Å². The Morgan fingerprint density at radius 1 is 0.915 bits per heavy atom. The summed E-state index contributed by atoms with van der Waals surface area (Å²) in [6.45, 7) is 8.19. The largest absolute Gasteiger partial charge is 0.390 e. The molecule has 0 aromatic heterocycles. The number of amides is 2. The minimum Gasteiger partial charge on any atom is -0.390 e. The summed E-state index contributed by atoms with van der Waals surface area (Å²) in [6, 6.07) is 14.0. The fourth-order valence-corrected chi connectivity index (χ4v) is 6.22. The quantitative estimate of drug-likeness (QED) is 0.153. The van der Waals surface area contributed by atoms with Crippen LogP contribution in [0.25, 0.3) is 0 Å². The van der Waals surface area contributed by atoms with E-state index in [2.05, 4.69) is 22.0 Å². The zero-order valence-corrected chi connectivity index (χ0v) is 27.9. The van der Waals surface area contributed by atoms with Crippen LogP contribution < -0.4 is 10.1 Å². The number of carbonyl (C=O) groups excluding carboxylic acids is 2. The number of benzene rings is 3. The molecule has 0 aliphatic carbocycles. The van der Waals surface area contributed by atoms with Crippen LogP contribution in [0.15, 0.2) is 71.6 Å². The van der Waals surface area contributed by atoms with Gasteiger partial charge in [0, 0.05) is 48.9 Å². The molecule has 47 heavy (non-hydrogen) atoms. The number of halogens is 2. The maximum atomic E-state index is 14.1. The Bertz CT molecular complexity index is 1670. The molecule has 0 saturated carbocycles.